The Hall–Kier alpha value is -1.16. The summed E-state index contributed by atoms with van der Waals surface area (Å²) in [7, 11) is 0. The molecule has 1 aliphatic heterocycles. The molecule has 1 N–H and O–H groups in total. The summed E-state index contributed by atoms with van der Waals surface area (Å²) in [6.07, 6.45) is 1.46. The van der Waals surface area contributed by atoms with Gasteiger partial charge in [-0.25, -0.2) is 0 Å². The van der Waals surface area contributed by atoms with Crippen LogP contribution in [0.5, 0.6) is 0 Å². The Morgan fingerprint density at radius 3 is 2.79 bits per heavy atom. The predicted octanol–water partition coefficient (Wildman–Crippen LogP) is 3.68. The van der Waals surface area contributed by atoms with Crippen LogP contribution in [0.2, 0.25) is 0 Å². The van der Waals surface area contributed by atoms with Gasteiger partial charge < -0.3 is 10.1 Å². The maximum Gasteiger partial charge on any atom is 0.0700 e. The van der Waals surface area contributed by atoms with Crippen molar-refractivity contribution in [3.8, 4) is 10.4 Å². The lowest BCUT2D eigenvalue weighted by molar-refractivity contribution is 0.113. The second-order valence-electron chi connectivity index (χ2n) is 4.98. The van der Waals surface area contributed by atoms with Crippen molar-refractivity contribution < 1.29 is 4.74 Å². The van der Waals surface area contributed by atoms with Crippen LogP contribution in [0.15, 0.2) is 42.5 Å². The third-order valence-corrected chi connectivity index (χ3v) is 4.77. The molecule has 3 rings (SSSR count). The van der Waals surface area contributed by atoms with Crippen LogP contribution in [-0.4, -0.2) is 18.8 Å². The van der Waals surface area contributed by atoms with Crippen LogP contribution in [0.3, 0.4) is 0 Å². The van der Waals surface area contributed by atoms with Crippen molar-refractivity contribution in [2.75, 3.05) is 6.61 Å². The van der Waals surface area contributed by atoms with Gasteiger partial charge in [-0.15, -0.1) is 11.3 Å². The molecule has 1 aromatic carbocycles. The number of nitrogens with one attached hydrogen (secondary N) is 1. The molecule has 1 saturated heterocycles. The van der Waals surface area contributed by atoms with Crippen molar-refractivity contribution in [1.82, 2.24) is 5.32 Å². The van der Waals surface area contributed by atoms with Crippen molar-refractivity contribution in [3.63, 3.8) is 0 Å². The lowest BCUT2D eigenvalue weighted by Gasteiger charge is -2.15. The van der Waals surface area contributed by atoms with Crippen LogP contribution in [0.25, 0.3) is 10.4 Å². The number of thiophene rings is 1. The minimum Gasteiger partial charge on any atom is -0.377 e. The van der Waals surface area contributed by atoms with E-state index in [4.69, 9.17) is 4.74 Å². The third kappa shape index (κ3) is 3.06. The molecule has 0 saturated carbocycles. The summed E-state index contributed by atoms with van der Waals surface area (Å²) in [4.78, 5) is 2.73. The average molecular weight is 273 g/mol. The van der Waals surface area contributed by atoms with Crippen molar-refractivity contribution in [2.45, 2.75) is 32.0 Å². The van der Waals surface area contributed by atoms with E-state index >= 15 is 0 Å². The highest BCUT2D eigenvalue weighted by molar-refractivity contribution is 7.15. The Kier molecular flexibility index (Phi) is 3.97. The van der Waals surface area contributed by atoms with Gasteiger partial charge in [-0.1, -0.05) is 30.3 Å². The molecule has 100 valence electrons. The van der Waals surface area contributed by atoms with Gasteiger partial charge in [-0.3, -0.25) is 0 Å². The van der Waals surface area contributed by atoms with Gasteiger partial charge in [0.05, 0.1) is 6.10 Å². The van der Waals surface area contributed by atoms with Gasteiger partial charge in [0, 0.05) is 28.9 Å². The summed E-state index contributed by atoms with van der Waals surface area (Å²) in [5, 5.41) is 3.60. The lowest BCUT2D eigenvalue weighted by Crippen LogP contribution is -2.33. The van der Waals surface area contributed by atoms with Crippen LogP contribution in [-0.2, 0) is 11.3 Å². The normalized spacial score (nSPS) is 22.8. The van der Waals surface area contributed by atoms with Crippen molar-refractivity contribution in [1.29, 1.82) is 0 Å². The molecular formula is C16H19NOS. The molecule has 0 bridgehead atoms. The van der Waals surface area contributed by atoms with Crippen molar-refractivity contribution in [2.24, 2.45) is 0 Å². The fraction of sp³-hybridized carbons (Fsp3) is 0.375. The number of hydrogen-bond acceptors (Lipinski definition) is 3. The Labute approximate surface area is 118 Å². The van der Waals surface area contributed by atoms with Crippen molar-refractivity contribution in [3.05, 3.63) is 47.3 Å². The van der Waals surface area contributed by atoms with E-state index in [1.807, 2.05) is 11.3 Å². The van der Waals surface area contributed by atoms with E-state index in [2.05, 4.69) is 54.7 Å². The maximum absolute atomic E-state index is 5.57. The molecule has 2 nitrogen and oxygen atoms in total. The van der Waals surface area contributed by atoms with E-state index in [0.717, 1.165) is 19.6 Å². The quantitative estimate of drug-likeness (QED) is 0.917. The Bertz CT molecular complexity index is 523. The van der Waals surface area contributed by atoms with E-state index < -0.39 is 0 Å². The average Bonchev–Trinajstić information content (AvgIpc) is 3.06. The zero-order valence-corrected chi connectivity index (χ0v) is 12.0. The fourth-order valence-corrected chi connectivity index (χ4v) is 3.43. The second-order valence-corrected chi connectivity index (χ2v) is 6.15. The first kappa shape index (κ1) is 12.9. The minimum absolute atomic E-state index is 0.341. The first-order valence-electron chi connectivity index (χ1n) is 6.82. The first-order valence-corrected chi connectivity index (χ1v) is 7.64. The molecular weight excluding hydrogens is 254 g/mol. The van der Waals surface area contributed by atoms with E-state index in [1.54, 1.807) is 0 Å². The van der Waals surface area contributed by atoms with E-state index in [1.165, 1.54) is 15.3 Å². The highest BCUT2D eigenvalue weighted by Gasteiger charge is 2.23. The molecule has 2 aromatic rings. The topological polar surface area (TPSA) is 21.3 Å². The van der Waals surface area contributed by atoms with Gasteiger partial charge >= 0.3 is 0 Å². The summed E-state index contributed by atoms with van der Waals surface area (Å²) >= 11 is 1.87. The van der Waals surface area contributed by atoms with E-state index in [0.29, 0.717) is 12.1 Å². The molecule has 0 amide bonds. The number of rotatable bonds is 4. The van der Waals surface area contributed by atoms with Crippen molar-refractivity contribution >= 4 is 11.3 Å². The van der Waals surface area contributed by atoms with Gasteiger partial charge in [0.2, 0.25) is 0 Å². The van der Waals surface area contributed by atoms with E-state index in [9.17, 15) is 0 Å². The van der Waals surface area contributed by atoms with Gasteiger partial charge in [-0.2, -0.15) is 0 Å². The highest BCUT2D eigenvalue weighted by Crippen LogP contribution is 2.28. The second kappa shape index (κ2) is 5.87. The molecule has 19 heavy (non-hydrogen) atoms. The van der Waals surface area contributed by atoms with Crippen LogP contribution >= 0.6 is 11.3 Å². The SMILES string of the molecule is CC1OCCC1NCc1ccc(-c2ccccc2)s1. The molecule has 1 fully saturated rings. The molecule has 0 aliphatic carbocycles. The predicted molar refractivity (Wildman–Crippen MR) is 80.4 cm³/mol. The standard InChI is InChI=1S/C16H19NOS/c1-12-15(9-10-18-12)17-11-14-7-8-16(19-14)13-5-3-2-4-6-13/h2-8,12,15,17H,9-11H2,1H3. The summed E-state index contributed by atoms with van der Waals surface area (Å²) in [5.74, 6) is 0. The molecule has 0 spiro atoms. The Balaban J connectivity index is 1.62. The molecule has 2 heterocycles. The van der Waals surface area contributed by atoms with Crippen LogP contribution in [0.1, 0.15) is 18.2 Å². The molecule has 1 aliphatic rings. The number of hydrogen-bond donors (Lipinski definition) is 1. The molecule has 1 aromatic heterocycles. The number of benzene rings is 1. The zero-order valence-electron chi connectivity index (χ0n) is 11.1. The van der Waals surface area contributed by atoms with Crippen LogP contribution < -0.4 is 5.32 Å². The van der Waals surface area contributed by atoms with E-state index in [-0.39, 0.29) is 0 Å². The summed E-state index contributed by atoms with van der Waals surface area (Å²) in [6, 6.07) is 15.5. The first-order chi connectivity index (χ1) is 9.33. The fourth-order valence-electron chi connectivity index (χ4n) is 2.46. The largest absolute Gasteiger partial charge is 0.377 e. The molecule has 2 unspecified atom stereocenters. The van der Waals surface area contributed by atoms with Crippen LogP contribution in [0, 0.1) is 0 Å². The van der Waals surface area contributed by atoms with Crippen LogP contribution in [0.4, 0.5) is 0 Å². The zero-order chi connectivity index (χ0) is 13.1. The summed E-state index contributed by atoms with van der Waals surface area (Å²) in [6.45, 7) is 3.98. The highest BCUT2D eigenvalue weighted by atomic mass is 32.1. The molecule has 2 atom stereocenters. The van der Waals surface area contributed by atoms with Gasteiger partial charge in [0.15, 0.2) is 0 Å². The van der Waals surface area contributed by atoms with Gasteiger partial charge in [-0.05, 0) is 31.0 Å². The molecule has 3 heteroatoms. The smallest absolute Gasteiger partial charge is 0.0700 e. The van der Waals surface area contributed by atoms with Gasteiger partial charge in [0.25, 0.3) is 0 Å². The Morgan fingerprint density at radius 1 is 1.21 bits per heavy atom. The summed E-state index contributed by atoms with van der Waals surface area (Å²) < 4.78 is 5.57. The maximum atomic E-state index is 5.57. The van der Waals surface area contributed by atoms with Gasteiger partial charge in [0.1, 0.15) is 0 Å². The third-order valence-electron chi connectivity index (χ3n) is 3.63. The lowest BCUT2D eigenvalue weighted by atomic mass is 10.1. The monoisotopic (exact) mass is 273 g/mol. The number of ether oxygens (including phenoxy) is 1. The Morgan fingerprint density at radius 2 is 2.05 bits per heavy atom. The minimum atomic E-state index is 0.341. The molecule has 0 radical (unpaired) electrons. The summed E-state index contributed by atoms with van der Waals surface area (Å²) in [5.41, 5.74) is 1.30.